The fourth-order valence-corrected chi connectivity index (χ4v) is 6.23. The first kappa shape index (κ1) is 29.9. The summed E-state index contributed by atoms with van der Waals surface area (Å²) in [7, 11) is 0. The van der Waals surface area contributed by atoms with Gasteiger partial charge in [0.2, 0.25) is 0 Å². The molecule has 1 aliphatic heterocycles. The summed E-state index contributed by atoms with van der Waals surface area (Å²) in [6.07, 6.45) is 2.67. The van der Waals surface area contributed by atoms with Gasteiger partial charge in [0.1, 0.15) is 11.4 Å². The molecular formula is C38H46N2O2. The van der Waals surface area contributed by atoms with Crippen LogP contribution >= 0.6 is 0 Å². The zero-order valence-electron chi connectivity index (χ0n) is 25.5. The molecule has 4 aromatic rings. The highest BCUT2D eigenvalue weighted by molar-refractivity contribution is 5.56. The zero-order chi connectivity index (χ0) is 29.4. The van der Waals surface area contributed by atoms with E-state index in [4.69, 9.17) is 4.74 Å². The predicted octanol–water partition coefficient (Wildman–Crippen LogP) is 7.52. The van der Waals surface area contributed by atoms with Gasteiger partial charge in [-0.25, -0.2) is 0 Å². The normalized spacial score (nSPS) is 16.1. The molecule has 0 spiro atoms. The number of nitrogens with zero attached hydrogens (tertiary/aromatic N) is 2. The van der Waals surface area contributed by atoms with Crippen LogP contribution < -0.4 is 9.64 Å². The molecule has 42 heavy (non-hydrogen) atoms. The molecular weight excluding hydrogens is 516 g/mol. The molecule has 2 atom stereocenters. The molecule has 1 aliphatic rings. The van der Waals surface area contributed by atoms with E-state index in [9.17, 15) is 5.11 Å². The van der Waals surface area contributed by atoms with E-state index in [1.165, 1.54) is 16.8 Å². The molecule has 1 fully saturated rings. The van der Waals surface area contributed by atoms with Crippen LogP contribution in [0.4, 0.5) is 5.69 Å². The van der Waals surface area contributed by atoms with Gasteiger partial charge in [0, 0.05) is 50.7 Å². The number of unbranched alkanes of at least 4 members (excludes halogenated alkanes) is 1. The molecule has 1 heterocycles. The van der Waals surface area contributed by atoms with Crippen molar-refractivity contribution in [3.63, 3.8) is 0 Å². The highest BCUT2D eigenvalue weighted by Gasteiger charge is 2.41. The fourth-order valence-electron chi connectivity index (χ4n) is 6.23. The number of rotatable bonds is 12. The van der Waals surface area contributed by atoms with Gasteiger partial charge in [-0.15, -0.1) is 0 Å². The summed E-state index contributed by atoms with van der Waals surface area (Å²) in [4.78, 5) is 5.06. The van der Waals surface area contributed by atoms with Gasteiger partial charge in [-0.1, -0.05) is 98.3 Å². The molecule has 0 amide bonds. The number of ether oxygens (including phenoxy) is 1. The van der Waals surface area contributed by atoms with Crippen molar-refractivity contribution in [1.29, 1.82) is 0 Å². The van der Waals surface area contributed by atoms with E-state index in [1.54, 1.807) is 0 Å². The molecule has 5 rings (SSSR count). The molecule has 4 aromatic carbocycles. The maximum Gasteiger partial charge on any atom is 0.119 e. The van der Waals surface area contributed by atoms with E-state index < -0.39 is 5.60 Å². The molecule has 4 heteroatoms. The number of benzene rings is 4. The number of piperazine rings is 1. The summed E-state index contributed by atoms with van der Waals surface area (Å²) in [5, 5.41) is 12.9. The van der Waals surface area contributed by atoms with Crippen molar-refractivity contribution in [2.75, 3.05) is 44.2 Å². The second kappa shape index (κ2) is 14.0. The Kier molecular flexibility index (Phi) is 9.99. The Morgan fingerprint density at radius 3 is 2.12 bits per heavy atom. The van der Waals surface area contributed by atoms with Gasteiger partial charge >= 0.3 is 0 Å². The fraction of sp³-hybridized carbons (Fsp3) is 0.368. The molecule has 0 aromatic heterocycles. The summed E-state index contributed by atoms with van der Waals surface area (Å²) in [5.74, 6) is 0.742. The van der Waals surface area contributed by atoms with Gasteiger partial charge in [-0.2, -0.15) is 0 Å². The third-order valence-corrected chi connectivity index (χ3v) is 8.95. The first-order valence-electron chi connectivity index (χ1n) is 15.6. The average molecular weight is 563 g/mol. The van der Waals surface area contributed by atoms with E-state index >= 15 is 0 Å². The molecule has 0 unspecified atom stereocenters. The monoisotopic (exact) mass is 562 g/mol. The third-order valence-electron chi connectivity index (χ3n) is 8.95. The maximum absolute atomic E-state index is 12.9. The molecule has 220 valence electrons. The van der Waals surface area contributed by atoms with Crippen molar-refractivity contribution in [3.8, 4) is 5.75 Å². The first-order chi connectivity index (χ1) is 20.5. The van der Waals surface area contributed by atoms with Crippen molar-refractivity contribution in [3.05, 3.63) is 131 Å². The van der Waals surface area contributed by atoms with Crippen LogP contribution in [0.1, 0.15) is 53.5 Å². The minimum Gasteiger partial charge on any atom is -0.494 e. The Hall–Kier alpha value is -3.60. The van der Waals surface area contributed by atoms with Crippen molar-refractivity contribution >= 4 is 5.69 Å². The molecule has 4 nitrogen and oxygen atoms in total. The van der Waals surface area contributed by atoms with Gasteiger partial charge in [0.15, 0.2) is 0 Å². The van der Waals surface area contributed by atoms with Crippen LogP contribution in [0.3, 0.4) is 0 Å². The Morgan fingerprint density at radius 1 is 0.786 bits per heavy atom. The van der Waals surface area contributed by atoms with Gasteiger partial charge in [-0.05, 0) is 66.3 Å². The maximum atomic E-state index is 12.9. The van der Waals surface area contributed by atoms with Gasteiger partial charge in [-0.3, -0.25) is 4.90 Å². The molecule has 0 radical (unpaired) electrons. The van der Waals surface area contributed by atoms with Crippen molar-refractivity contribution < 1.29 is 9.84 Å². The largest absolute Gasteiger partial charge is 0.494 e. The standard InChI is InChI=1S/C38H46N2O2/c1-4-5-27-42-35-21-19-34(20-22-35)38(41,28-32-14-8-6-9-15-32)36(33-16-10-7-11-17-33)29-39-23-25-40(26-24-39)37-18-12-13-30(2)31(37)3/h6-22,36,41H,4-5,23-29H2,1-3H3/t36-,38+/m1/s1. The predicted molar refractivity (Wildman–Crippen MR) is 175 cm³/mol. The Bertz CT molecular complexity index is 1380. The van der Waals surface area contributed by atoms with Crippen molar-refractivity contribution in [2.24, 2.45) is 0 Å². The SMILES string of the molecule is CCCCOc1ccc([C@@](O)(Cc2ccccc2)[C@H](CN2CCN(c3cccc(C)c3C)CC2)c2ccccc2)cc1. The summed E-state index contributed by atoms with van der Waals surface area (Å²) < 4.78 is 5.97. The minimum absolute atomic E-state index is 0.113. The second-order valence-corrected chi connectivity index (χ2v) is 11.8. The molecule has 0 bridgehead atoms. The smallest absolute Gasteiger partial charge is 0.119 e. The minimum atomic E-state index is -1.10. The van der Waals surface area contributed by atoms with Crippen molar-refractivity contribution in [1.82, 2.24) is 4.90 Å². The van der Waals surface area contributed by atoms with E-state index in [-0.39, 0.29) is 5.92 Å². The lowest BCUT2D eigenvalue weighted by atomic mass is 9.73. The van der Waals surface area contributed by atoms with Crippen LogP contribution in [0.2, 0.25) is 0 Å². The van der Waals surface area contributed by atoms with E-state index in [0.717, 1.165) is 68.0 Å². The number of hydrogen-bond acceptors (Lipinski definition) is 4. The number of anilines is 1. The van der Waals surface area contributed by atoms with Gasteiger partial charge in [0.05, 0.1) is 6.61 Å². The summed E-state index contributed by atoms with van der Waals surface area (Å²) in [6, 6.07) is 35.8. The van der Waals surface area contributed by atoms with Crippen LogP contribution in [-0.4, -0.2) is 49.3 Å². The number of aliphatic hydroxyl groups is 1. The molecule has 0 saturated carbocycles. The van der Waals surface area contributed by atoms with E-state index in [0.29, 0.717) is 13.0 Å². The quantitative estimate of drug-likeness (QED) is 0.181. The Morgan fingerprint density at radius 2 is 1.45 bits per heavy atom. The van der Waals surface area contributed by atoms with Crippen molar-refractivity contribution in [2.45, 2.75) is 51.6 Å². The van der Waals surface area contributed by atoms with Crippen LogP contribution in [0.15, 0.2) is 103 Å². The van der Waals surface area contributed by atoms with Crippen LogP contribution in [0, 0.1) is 13.8 Å². The topological polar surface area (TPSA) is 35.9 Å². The number of hydrogen-bond donors (Lipinski definition) is 1. The van der Waals surface area contributed by atoms with E-state index in [2.05, 4.69) is 116 Å². The van der Waals surface area contributed by atoms with Gasteiger partial charge < -0.3 is 14.7 Å². The highest BCUT2D eigenvalue weighted by Crippen LogP contribution is 2.41. The number of aryl methyl sites for hydroxylation is 1. The zero-order valence-corrected chi connectivity index (χ0v) is 25.5. The summed E-state index contributed by atoms with van der Waals surface area (Å²) >= 11 is 0. The van der Waals surface area contributed by atoms with Gasteiger partial charge in [0.25, 0.3) is 0 Å². The first-order valence-corrected chi connectivity index (χ1v) is 15.6. The molecule has 0 aliphatic carbocycles. The lowest BCUT2D eigenvalue weighted by Crippen LogP contribution is -2.50. The lowest BCUT2D eigenvalue weighted by molar-refractivity contribution is -0.00554. The lowest BCUT2D eigenvalue weighted by Gasteiger charge is -2.43. The Balaban J connectivity index is 1.43. The van der Waals surface area contributed by atoms with E-state index in [1.807, 2.05) is 18.2 Å². The second-order valence-electron chi connectivity index (χ2n) is 11.8. The van der Waals surface area contributed by atoms with Crippen LogP contribution in [0.25, 0.3) is 0 Å². The van der Waals surface area contributed by atoms with Crippen LogP contribution in [0.5, 0.6) is 5.75 Å². The Labute approximate surface area is 252 Å². The summed E-state index contributed by atoms with van der Waals surface area (Å²) in [5.41, 5.74) is 6.17. The third kappa shape index (κ3) is 7.06. The van der Waals surface area contributed by atoms with Crippen LogP contribution in [-0.2, 0) is 12.0 Å². The summed E-state index contributed by atoms with van der Waals surface area (Å²) in [6.45, 7) is 12.0. The average Bonchev–Trinajstić information content (AvgIpc) is 3.03. The molecule has 1 saturated heterocycles. The molecule has 1 N–H and O–H groups in total. The highest BCUT2D eigenvalue weighted by atomic mass is 16.5.